The summed E-state index contributed by atoms with van der Waals surface area (Å²) >= 11 is 12.1. The lowest BCUT2D eigenvalue weighted by Gasteiger charge is -2.07. The van der Waals surface area contributed by atoms with Crippen LogP contribution in [0.15, 0.2) is 51.5 Å². The Morgan fingerprint density at radius 3 is 2.67 bits per heavy atom. The molecule has 2 aromatic carbocycles. The van der Waals surface area contributed by atoms with Gasteiger partial charge in [0.1, 0.15) is 0 Å². The Morgan fingerprint density at radius 2 is 1.90 bits per heavy atom. The maximum absolute atomic E-state index is 6.28. The molecule has 0 fully saturated rings. The topological polar surface area (TPSA) is 52.0 Å². The van der Waals surface area contributed by atoms with Crippen LogP contribution in [-0.4, -0.2) is 5.16 Å². The lowest BCUT2D eigenvalue weighted by molar-refractivity contribution is 0.436. The Hall–Kier alpha value is -1.05. The summed E-state index contributed by atoms with van der Waals surface area (Å²) in [4.78, 5) is 0. The van der Waals surface area contributed by atoms with Gasteiger partial charge >= 0.3 is 0 Å². The number of nitrogens with zero attached hydrogens (tertiary/aromatic N) is 1. The lowest BCUT2D eigenvalue weighted by atomic mass is 10.0. The average molecular weight is 476 g/mol. The molecular formula is C15H9BrClIN2O. The fourth-order valence-corrected chi connectivity index (χ4v) is 3.23. The van der Waals surface area contributed by atoms with Gasteiger partial charge in [-0.05, 0) is 46.9 Å². The first-order valence-corrected chi connectivity index (χ1v) is 8.28. The summed E-state index contributed by atoms with van der Waals surface area (Å²) in [6, 6.07) is 13.5. The number of hydrogen-bond donors (Lipinski definition) is 1. The van der Waals surface area contributed by atoms with Crippen LogP contribution in [-0.2, 0) is 0 Å². The molecule has 0 aliphatic heterocycles. The van der Waals surface area contributed by atoms with Crippen LogP contribution in [0.3, 0.4) is 0 Å². The van der Waals surface area contributed by atoms with Gasteiger partial charge in [-0.1, -0.05) is 50.9 Å². The molecule has 106 valence electrons. The zero-order valence-corrected chi connectivity index (χ0v) is 15.1. The number of rotatable bonds is 2. The van der Waals surface area contributed by atoms with E-state index in [0.717, 1.165) is 19.2 Å². The van der Waals surface area contributed by atoms with Crippen LogP contribution in [0.2, 0.25) is 5.02 Å². The van der Waals surface area contributed by atoms with Gasteiger partial charge in [0.2, 0.25) is 0 Å². The van der Waals surface area contributed by atoms with E-state index in [2.05, 4.69) is 43.7 Å². The molecule has 6 heteroatoms. The highest BCUT2D eigenvalue weighted by molar-refractivity contribution is 14.1. The SMILES string of the molecule is Nc1noc(-c2cc(I)ccc2Br)c1-c1ccccc1Cl. The van der Waals surface area contributed by atoms with E-state index in [0.29, 0.717) is 22.2 Å². The Bertz CT molecular complexity index is 819. The quantitative estimate of drug-likeness (QED) is 0.490. The van der Waals surface area contributed by atoms with Crippen LogP contribution in [0.25, 0.3) is 22.5 Å². The first kappa shape index (κ1) is 14.9. The zero-order chi connectivity index (χ0) is 15.0. The number of nitrogen functional groups attached to an aromatic ring is 1. The average Bonchev–Trinajstić information content (AvgIpc) is 2.84. The minimum Gasteiger partial charge on any atom is -0.380 e. The van der Waals surface area contributed by atoms with Gasteiger partial charge in [0, 0.05) is 24.2 Å². The molecule has 1 heterocycles. The number of hydrogen-bond acceptors (Lipinski definition) is 3. The Balaban J connectivity index is 2.27. The van der Waals surface area contributed by atoms with Gasteiger partial charge in [-0.25, -0.2) is 0 Å². The molecule has 2 N–H and O–H groups in total. The van der Waals surface area contributed by atoms with Crippen molar-refractivity contribution in [2.24, 2.45) is 0 Å². The number of halogens is 3. The highest BCUT2D eigenvalue weighted by Crippen LogP contribution is 2.42. The van der Waals surface area contributed by atoms with Gasteiger partial charge in [0.05, 0.1) is 5.56 Å². The van der Waals surface area contributed by atoms with E-state index >= 15 is 0 Å². The predicted molar refractivity (Wildman–Crippen MR) is 97.2 cm³/mol. The first-order chi connectivity index (χ1) is 10.1. The summed E-state index contributed by atoms with van der Waals surface area (Å²) in [6.07, 6.45) is 0. The van der Waals surface area contributed by atoms with Crippen molar-refractivity contribution >= 4 is 55.9 Å². The smallest absolute Gasteiger partial charge is 0.178 e. The highest BCUT2D eigenvalue weighted by atomic mass is 127. The van der Waals surface area contributed by atoms with Crippen LogP contribution in [0, 0.1) is 3.57 Å². The standard InChI is InChI=1S/C15H9BrClIN2O/c16-11-6-5-8(18)7-10(11)14-13(15(19)20-21-14)9-3-1-2-4-12(9)17/h1-7H,(H2,19,20). The fourth-order valence-electron chi connectivity index (χ4n) is 2.08. The second kappa shape index (κ2) is 5.98. The number of anilines is 1. The molecule has 3 rings (SSSR count). The molecule has 3 nitrogen and oxygen atoms in total. The molecule has 0 bridgehead atoms. The summed E-state index contributed by atoms with van der Waals surface area (Å²) < 4.78 is 7.46. The van der Waals surface area contributed by atoms with Gasteiger partial charge in [-0.3, -0.25) is 0 Å². The van der Waals surface area contributed by atoms with E-state index in [1.54, 1.807) is 0 Å². The third kappa shape index (κ3) is 2.82. The van der Waals surface area contributed by atoms with Crippen molar-refractivity contribution in [3.05, 3.63) is 55.5 Å². The number of benzene rings is 2. The van der Waals surface area contributed by atoms with E-state index in [9.17, 15) is 0 Å². The van der Waals surface area contributed by atoms with Crippen LogP contribution >= 0.6 is 50.1 Å². The van der Waals surface area contributed by atoms with E-state index in [1.165, 1.54) is 0 Å². The van der Waals surface area contributed by atoms with Gasteiger partial charge in [-0.2, -0.15) is 0 Å². The zero-order valence-electron chi connectivity index (χ0n) is 10.6. The molecule has 0 radical (unpaired) electrons. The normalized spacial score (nSPS) is 10.8. The van der Waals surface area contributed by atoms with Crippen LogP contribution in [0.4, 0.5) is 5.82 Å². The Labute approximate surface area is 148 Å². The van der Waals surface area contributed by atoms with Crippen molar-refractivity contribution in [1.29, 1.82) is 0 Å². The lowest BCUT2D eigenvalue weighted by Crippen LogP contribution is -1.90. The summed E-state index contributed by atoms with van der Waals surface area (Å²) in [5.41, 5.74) is 8.39. The summed E-state index contributed by atoms with van der Waals surface area (Å²) in [5, 5.41) is 4.51. The monoisotopic (exact) mass is 474 g/mol. The second-order valence-electron chi connectivity index (χ2n) is 4.38. The van der Waals surface area contributed by atoms with Crippen molar-refractivity contribution in [2.45, 2.75) is 0 Å². The molecule has 0 aliphatic rings. The first-order valence-electron chi connectivity index (χ1n) is 6.03. The van der Waals surface area contributed by atoms with Crippen molar-refractivity contribution in [2.75, 3.05) is 5.73 Å². The molecule has 0 saturated heterocycles. The molecule has 0 atom stereocenters. The highest BCUT2D eigenvalue weighted by Gasteiger charge is 2.21. The maximum Gasteiger partial charge on any atom is 0.178 e. The van der Waals surface area contributed by atoms with Crippen LogP contribution in [0.5, 0.6) is 0 Å². The largest absolute Gasteiger partial charge is 0.380 e. The predicted octanol–water partition coefficient (Wildman–Crippen LogP) is 5.61. The molecule has 0 spiro atoms. The summed E-state index contributed by atoms with van der Waals surface area (Å²) in [5.74, 6) is 0.926. The molecule has 0 amide bonds. The molecule has 21 heavy (non-hydrogen) atoms. The van der Waals surface area contributed by atoms with Gasteiger partial charge in [0.25, 0.3) is 0 Å². The minimum absolute atomic E-state index is 0.323. The molecular weight excluding hydrogens is 466 g/mol. The fraction of sp³-hybridized carbons (Fsp3) is 0. The molecule has 0 aliphatic carbocycles. The van der Waals surface area contributed by atoms with E-state index in [4.69, 9.17) is 21.9 Å². The van der Waals surface area contributed by atoms with Gasteiger partial charge in [0.15, 0.2) is 11.6 Å². The van der Waals surface area contributed by atoms with Gasteiger partial charge < -0.3 is 10.3 Å². The maximum atomic E-state index is 6.28. The molecule has 3 aromatic rings. The second-order valence-corrected chi connectivity index (χ2v) is 6.88. The van der Waals surface area contributed by atoms with Gasteiger partial charge in [-0.15, -0.1) is 0 Å². The van der Waals surface area contributed by atoms with Crippen LogP contribution in [0.1, 0.15) is 0 Å². The minimum atomic E-state index is 0.323. The van der Waals surface area contributed by atoms with Crippen molar-refractivity contribution in [1.82, 2.24) is 5.16 Å². The van der Waals surface area contributed by atoms with Crippen molar-refractivity contribution in [3.8, 4) is 22.5 Å². The number of aromatic nitrogens is 1. The van der Waals surface area contributed by atoms with Crippen LogP contribution < -0.4 is 5.73 Å². The Kier molecular flexibility index (Phi) is 4.24. The summed E-state index contributed by atoms with van der Waals surface area (Å²) in [6.45, 7) is 0. The summed E-state index contributed by atoms with van der Waals surface area (Å²) in [7, 11) is 0. The number of nitrogens with two attached hydrogens (primary N) is 1. The van der Waals surface area contributed by atoms with Crippen molar-refractivity contribution < 1.29 is 4.52 Å². The molecule has 0 saturated carbocycles. The third-order valence-electron chi connectivity index (χ3n) is 3.03. The molecule has 0 unspecified atom stereocenters. The van der Waals surface area contributed by atoms with E-state index < -0.39 is 0 Å². The molecule has 1 aromatic heterocycles. The van der Waals surface area contributed by atoms with E-state index in [1.807, 2.05) is 42.5 Å². The van der Waals surface area contributed by atoms with E-state index in [-0.39, 0.29) is 0 Å². The van der Waals surface area contributed by atoms with Crippen molar-refractivity contribution in [3.63, 3.8) is 0 Å². The third-order valence-corrected chi connectivity index (χ3v) is 4.73. The Morgan fingerprint density at radius 1 is 1.14 bits per heavy atom.